The number of rotatable bonds is 3. The van der Waals surface area contributed by atoms with Crippen LogP contribution in [-0.2, 0) is 6.54 Å². The number of hydrogen-bond acceptors (Lipinski definition) is 3. The molecule has 1 aromatic carbocycles. The average Bonchev–Trinajstić information content (AvgIpc) is 2.58. The number of anilines is 1. The standard InChI is InChI=1S/C11H12N4OS/c12-9-8(10(13)17)14-11(16)15(9)6-7-4-2-1-3-5-7/h1-5H,6,12H2,(H2,13,17)(H,14,16). The van der Waals surface area contributed by atoms with Crippen molar-refractivity contribution in [3.8, 4) is 0 Å². The van der Waals surface area contributed by atoms with Gasteiger partial charge in [-0.3, -0.25) is 4.57 Å². The summed E-state index contributed by atoms with van der Waals surface area (Å²) in [5, 5.41) is 0. The van der Waals surface area contributed by atoms with E-state index in [-0.39, 0.29) is 16.5 Å². The Hall–Kier alpha value is -2.08. The summed E-state index contributed by atoms with van der Waals surface area (Å²) in [6.45, 7) is 0.393. The van der Waals surface area contributed by atoms with Crippen molar-refractivity contribution in [2.45, 2.75) is 6.54 Å². The Balaban J connectivity index is 2.41. The fourth-order valence-electron chi connectivity index (χ4n) is 1.59. The van der Waals surface area contributed by atoms with E-state index in [1.807, 2.05) is 30.3 Å². The smallest absolute Gasteiger partial charge is 0.328 e. The van der Waals surface area contributed by atoms with Gasteiger partial charge in [-0.1, -0.05) is 42.5 Å². The Kier molecular flexibility index (Phi) is 2.97. The number of nitrogen functional groups attached to an aromatic ring is 1. The molecular formula is C11H12N4OS. The monoisotopic (exact) mass is 248 g/mol. The molecule has 0 atom stereocenters. The van der Waals surface area contributed by atoms with E-state index in [1.165, 1.54) is 4.57 Å². The zero-order chi connectivity index (χ0) is 12.4. The van der Waals surface area contributed by atoms with Crippen LogP contribution in [0.3, 0.4) is 0 Å². The van der Waals surface area contributed by atoms with E-state index >= 15 is 0 Å². The number of benzene rings is 1. The van der Waals surface area contributed by atoms with E-state index in [0.29, 0.717) is 12.2 Å². The van der Waals surface area contributed by atoms with Crippen molar-refractivity contribution in [2.24, 2.45) is 5.73 Å². The topological polar surface area (TPSA) is 89.8 Å². The molecule has 0 unspecified atom stereocenters. The molecular weight excluding hydrogens is 236 g/mol. The van der Waals surface area contributed by atoms with Gasteiger partial charge in [0.25, 0.3) is 0 Å². The highest BCUT2D eigenvalue weighted by Crippen LogP contribution is 2.09. The number of nitrogens with one attached hydrogen (secondary N) is 1. The molecule has 88 valence electrons. The van der Waals surface area contributed by atoms with Gasteiger partial charge in [0.2, 0.25) is 0 Å². The maximum Gasteiger partial charge on any atom is 0.328 e. The number of imidazole rings is 1. The molecule has 0 bridgehead atoms. The molecule has 0 saturated heterocycles. The van der Waals surface area contributed by atoms with Crippen LogP contribution in [0.4, 0.5) is 5.82 Å². The molecule has 2 aromatic rings. The molecule has 5 N–H and O–H groups in total. The number of nitrogens with two attached hydrogens (primary N) is 2. The molecule has 2 rings (SSSR count). The molecule has 1 heterocycles. The van der Waals surface area contributed by atoms with Gasteiger partial charge < -0.3 is 16.5 Å². The van der Waals surface area contributed by atoms with Gasteiger partial charge in [0.05, 0.1) is 6.54 Å². The van der Waals surface area contributed by atoms with Crippen molar-refractivity contribution < 1.29 is 0 Å². The van der Waals surface area contributed by atoms with Crippen molar-refractivity contribution in [1.29, 1.82) is 0 Å². The van der Waals surface area contributed by atoms with Gasteiger partial charge in [0, 0.05) is 0 Å². The highest BCUT2D eigenvalue weighted by Gasteiger charge is 2.12. The van der Waals surface area contributed by atoms with E-state index in [2.05, 4.69) is 4.98 Å². The van der Waals surface area contributed by atoms with Crippen LogP contribution in [0.1, 0.15) is 11.3 Å². The SMILES string of the molecule is NC(=S)c1[nH]c(=O)n(Cc2ccccc2)c1N. The van der Waals surface area contributed by atoms with Crippen molar-refractivity contribution in [1.82, 2.24) is 9.55 Å². The first kappa shape index (κ1) is 11.4. The lowest BCUT2D eigenvalue weighted by Crippen LogP contribution is -2.19. The first-order valence-electron chi connectivity index (χ1n) is 5.01. The third-order valence-corrected chi connectivity index (χ3v) is 2.66. The van der Waals surface area contributed by atoms with Gasteiger partial charge in [-0.2, -0.15) is 0 Å². The quantitative estimate of drug-likeness (QED) is 0.688. The van der Waals surface area contributed by atoms with E-state index < -0.39 is 0 Å². The molecule has 17 heavy (non-hydrogen) atoms. The van der Waals surface area contributed by atoms with E-state index in [9.17, 15) is 4.79 Å². The molecule has 1 aromatic heterocycles. The molecule has 5 nitrogen and oxygen atoms in total. The van der Waals surface area contributed by atoms with Crippen LogP contribution in [0.5, 0.6) is 0 Å². The Bertz CT molecular complexity index is 600. The minimum absolute atomic E-state index is 0.0893. The van der Waals surface area contributed by atoms with Crippen LogP contribution in [0.25, 0.3) is 0 Å². The molecule has 0 amide bonds. The third kappa shape index (κ3) is 2.21. The second-order valence-electron chi connectivity index (χ2n) is 3.63. The first-order valence-corrected chi connectivity index (χ1v) is 5.42. The summed E-state index contributed by atoms with van der Waals surface area (Å²) in [5.74, 6) is 0.270. The summed E-state index contributed by atoms with van der Waals surface area (Å²) >= 11 is 4.80. The number of aromatic nitrogens is 2. The molecule has 6 heteroatoms. The summed E-state index contributed by atoms with van der Waals surface area (Å²) in [5.41, 5.74) is 12.3. The molecule has 0 radical (unpaired) electrons. The molecule has 0 saturated carbocycles. The Labute approximate surface area is 103 Å². The molecule has 0 spiro atoms. The lowest BCUT2D eigenvalue weighted by Gasteiger charge is -2.04. The maximum absolute atomic E-state index is 11.7. The normalized spacial score (nSPS) is 10.4. The minimum Gasteiger partial charge on any atom is -0.388 e. The second kappa shape index (κ2) is 4.42. The number of thiocarbonyl (C=S) groups is 1. The van der Waals surface area contributed by atoms with Crippen LogP contribution in [0.15, 0.2) is 35.1 Å². The largest absolute Gasteiger partial charge is 0.388 e. The highest BCUT2D eigenvalue weighted by atomic mass is 32.1. The molecule has 0 aliphatic rings. The number of H-pyrrole nitrogens is 1. The predicted molar refractivity (Wildman–Crippen MR) is 70.9 cm³/mol. The zero-order valence-corrected chi connectivity index (χ0v) is 9.83. The lowest BCUT2D eigenvalue weighted by molar-refractivity contribution is 0.772. The first-order chi connectivity index (χ1) is 8.09. The molecule has 0 aliphatic carbocycles. The van der Waals surface area contributed by atoms with Crippen LogP contribution in [-0.4, -0.2) is 14.5 Å². The van der Waals surface area contributed by atoms with Gasteiger partial charge in [-0.05, 0) is 5.56 Å². The maximum atomic E-state index is 11.7. The van der Waals surface area contributed by atoms with Gasteiger partial charge in [-0.15, -0.1) is 0 Å². The van der Waals surface area contributed by atoms with Crippen molar-refractivity contribution >= 4 is 23.0 Å². The van der Waals surface area contributed by atoms with Gasteiger partial charge in [0.15, 0.2) is 0 Å². The Morgan fingerprint density at radius 3 is 2.53 bits per heavy atom. The van der Waals surface area contributed by atoms with Crippen molar-refractivity contribution in [3.63, 3.8) is 0 Å². The van der Waals surface area contributed by atoms with Gasteiger partial charge in [-0.25, -0.2) is 4.79 Å². The van der Waals surface area contributed by atoms with Crippen molar-refractivity contribution in [3.05, 3.63) is 52.1 Å². The van der Waals surface area contributed by atoms with E-state index in [1.54, 1.807) is 0 Å². The fourth-order valence-corrected chi connectivity index (χ4v) is 1.75. The van der Waals surface area contributed by atoms with Crippen LogP contribution in [0, 0.1) is 0 Å². The summed E-state index contributed by atoms with van der Waals surface area (Å²) in [6, 6.07) is 9.54. The summed E-state index contributed by atoms with van der Waals surface area (Å²) in [7, 11) is 0. The third-order valence-electron chi connectivity index (χ3n) is 2.45. The van der Waals surface area contributed by atoms with Gasteiger partial charge in [0.1, 0.15) is 16.5 Å². The summed E-state index contributed by atoms with van der Waals surface area (Å²) in [4.78, 5) is 14.3. The Morgan fingerprint density at radius 2 is 2.00 bits per heavy atom. The average molecular weight is 248 g/mol. The van der Waals surface area contributed by atoms with E-state index in [4.69, 9.17) is 23.7 Å². The van der Waals surface area contributed by atoms with Crippen LogP contribution in [0.2, 0.25) is 0 Å². The molecule has 0 aliphatic heterocycles. The summed E-state index contributed by atoms with van der Waals surface area (Å²) in [6.07, 6.45) is 0. The number of nitrogens with zero attached hydrogens (tertiary/aromatic N) is 1. The van der Waals surface area contributed by atoms with Crippen LogP contribution < -0.4 is 17.2 Å². The number of hydrogen-bond donors (Lipinski definition) is 3. The highest BCUT2D eigenvalue weighted by molar-refractivity contribution is 7.80. The fraction of sp³-hybridized carbons (Fsp3) is 0.0909. The van der Waals surface area contributed by atoms with Gasteiger partial charge >= 0.3 is 5.69 Å². The van der Waals surface area contributed by atoms with E-state index in [0.717, 1.165) is 5.56 Å². The molecule has 0 fully saturated rings. The Morgan fingerprint density at radius 1 is 1.35 bits per heavy atom. The lowest BCUT2D eigenvalue weighted by atomic mass is 10.2. The number of aromatic amines is 1. The predicted octanol–water partition coefficient (Wildman–Crippen LogP) is 0.441. The summed E-state index contributed by atoms with van der Waals surface area (Å²) < 4.78 is 1.41. The van der Waals surface area contributed by atoms with Crippen LogP contribution >= 0.6 is 12.2 Å². The van der Waals surface area contributed by atoms with Crippen molar-refractivity contribution in [2.75, 3.05) is 5.73 Å². The zero-order valence-electron chi connectivity index (χ0n) is 9.01. The minimum atomic E-state index is -0.311. The second-order valence-corrected chi connectivity index (χ2v) is 4.07.